The summed E-state index contributed by atoms with van der Waals surface area (Å²) in [5.41, 5.74) is 1.50. The molecule has 1 amide bonds. The Morgan fingerprint density at radius 3 is 2.61 bits per heavy atom. The minimum Gasteiger partial charge on any atom is -0.492 e. The van der Waals surface area contributed by atoms with Gasteiger partial charge in [0.2, 0.25) is 0 Å². The van der Waals surface area contributed by atoms with Gasteiger partial charge in [0, 0.05) is 5.56 Å². The number of carbonyl (C=O) groups excluding carboxylic acids is 2. The molecule has 8 heteroatoms. The van der Waals surface area contributed by atoms with Crippen LogP contribution in [0.3, 0.4) is 0 Å². The molecule has 7 nitrogen and oxygen atoms in total. The fourth-order valence-corrected chi connectivity index (χ4v) is 3.68. The first-order chi connectivity index (χ1) is 13.6. The average Bonchev–Trinajstić information content (AvgIpc) is 3.06. The third-order valence-electron chi connectivity index (χ3n) is 3.94. The van der Waals surface area contributed by atoms with Crippen LogP contribution in [0.15, 0.2) is 47.5 Å². The second kappa shape index (κ2) is 8.50. The number of thiazole rings is 1. The summed E-state index contributed by atoms with van der Waals surface area (Å²) in [5, 5.41) is 8.88. The molecule has 0 aliphatic rings. The van der Waals surface area contributed by atoms with E-state index in [0.717, 1.165) is 4.70 Å². The van der Waals surface area contributed by atoms with Crippen LogP contribution in [-0.2, 0) is 16.1 Å². The Hall–Kier alpha value is -3.44. The second-order valence-corrected chi connectivity index (χ2v) is 6.70. The van der Waals surface area contributed by atoms with Crippen molar-refractivity contribution in [2.45, 2.75) is 13.5 Å². The molecule has 0 unspecified atom stereocenters. The Balaban J connectivity index is 2.15. The number of carbonyl (C=O) groups is 2. The molecule has 0 saturated carbocycles. The molecule has 0 atom stereocenters. The Morgan fingerprint density at radius 2 is 1.96 bits per heavy atom. The molecule has 0 fully saturated rings. The van der Waals surface area contributed by atoms with E-state index in [0.29, 0.717) is 33.8 Å². The van der Waals surface area contributed by atoms with Gasteiger partial charge >= 0.3 is 5.97 Å². The Kier molecular flexibility index (Phi) is 5.87. The van der Waals surface area contributed by atoms with Gasteiger partial charge in [0.05, 0.1) is 30.0 Å². The van der Waals surface area contributed by atoms with Crippen LogP contribution in [0.4, 0.5) is 0 Å². The lowest BCUT2D eigenvalue weighted by molar-refractivity contribution is -0.141. The smallest absolute Gasteiger partial charge is 0.325 e. The van der Waals surface area contributed by atoms with Crippen molar-refractivity contribution < 1.29 is 19.1 Å². The predicted molar refractivity (Wildman–Crippen MR) is 104 cm³/mol. The molecular weight excluding hydrogens is 378 g/mol. The summed E-state index contributed by atoms with van der Waals surface area (Å²) < 4.78 is 12.9. The molecule has 1 heterocycles. The Morgan fingerprint density at radius 1 is 1.21 bits per heavy atom. The van der Waals surface area contributed by atoms with E-state index in [1.807, 2.05) is 25.1 Å². The van der Waals surface area contributed by atoms with E-state index < -0.39 is 11.9 Å². The number of hydrogen-bond donors (Lipinski definition) is 0. The van der Waals surface area contributed by atoms with Gasteiger partial charge in [0.25, 0.3) is 5.91 Å². The van der Waals surface area contributed by atoms with Gasteiger partial charge in [-0.25, -0.2) is 0 Å². The number of ether oxygens (including phenoxy) is 2. The minimum atomic E-state index is -0.465. The first kappa shape index (κ1) is 19.3. The number of benzene rings is 2. The summed E-state index contributed by atoms with van der Waals surface area (Å²) in [6.07, 6.45) is 0. The fraction of sp³-hybridized carbons (Fsp3) is 0.200. The maximum atomic E-state index is 12.6. The molecule has 0 radical (unpaired) electrons. The van der Waals surface area contributed by atoms with Crippen molar-refractivity contribution in [3.8, 4) is 11.8 Å². The Bertz CT molecular complexity index is 1140. The van der Waals surface area contributed by atoms with Gasteiger partial charge in [-0.2, -0.15) is 10.3 Å². The lowest BCUT2D eigenvalue weighted by atomic mass is 10.1. The highest BCUT2D eigenvalue weighted by molar-refractivity contribution is 7.16. The van der Waals surface area contributed by atoms with Crippen LogP contribution in [-0.4, -0.2) is 30.2 Å². The van der Waals surface area contributed by atoms with Gasteiger partial charge in [-0.15, -0.1) is 0 Å². The third-order valence-corrected chi connectivity index (χ3v) is 4.98. The van der Waals surface area contributed by atoms with Crippen molar-refractivity contribution in [1.29, 1.82) is 5.26 Å². The monoisotopic (exact) mass is 395 g/mol. The standard InChI is InChI=1S/C20H17N3O4S/c1-3-27-15-5-4-6-16-18(15)23(12-17(24)26-2)20(28-16)22-19(25)14-9-7-13(11-21)8-10-14/h4-10H,3,12H2,1-2H3. The topological polar surface area (TPSA) is 93.7 Å². The highest BCUT2D eigenvalue weighted by Gasteiger charge is 2.16. The minimum absolute atomic E-state index is 0.0972. The van der Waals surface area contributed by atoms with Gasteiger partial charge < -0.3 is 14.0 Å². The van der Waals surface area contributed by atoms with E-state index >= 15 is 0 Å². The molecule has 0 aliphatic heterocycles. The van der Waals surface area contributed by atoms with Crippen molar-refractivity contribution in [2.24, 2.45) is 4.99 Å². The zero-order valence-corrected chi connectivity index (χ0v) is 16.2. The van der Waals surface area contributed by atoms with Crippen molar-refractivity contribution in [3.05, 3.63) is 58.4 Å². The van der Waals surface area contributed by atoms with Gasteiger partial charge in [-0.1, -0.05) is 17.4 Å². The third kappa shape index (κ3) is 3.94. The molecule has 2 aromatic carbocycles. The summed E-state index contributed by atoms with van der Waals surface area (Å²) in [6, 6.07) is 13.7. The number of amides is 1. The zero-order valence-electron chi connectivity index (χ0n) is 15.3. The van der Waals surface area contributed by atoms with Crippen LogP contribution >= 0.6 is 11.3 Å². The molecular formula is C20H17N3O4S. The first-order valence-electron chi connectivity index (χ1n) is 8.48. The maximum absolute atomic E-state index is 12.6. The summed E-state index contributed by atoms with van der Waals surface area (Å²) in [4.78, 5) is 29.1. The zero-order chi connectivity index (χ0) is 20.1. The van der Waals surface area contributed by atoms with Crippen molar-refractivity contribution >= 4 is 33.4 Å². The SMILES string of the molecule is CCOc1cccc2sc(=NC(=O)c3ccc(C#N)cc3)n(CC(=O)OC)c12. The fourth-order valence-electron chi connectivity index (χ4n) is 2.63. The average molecular weight is 395 g/mol. The number of para-hydroxylation sites is 1. The van der Waals surface area contributed by atoms with Gasteiger partial charge in [-0.3, -0.25) is 9.59 Å². The molecule has 3 rings (SSSR count). The number of hydrogen-bond acceptors (Lipinski definition) is 6. The molecule has 0 spiro atoms. The van der Waals surface area contributed by atoms with Crippen molar-refractivity contribution in [2.75, 3.05) is 13.7 Å². The molecule has 142 valence electrons. The largest absolute Gasteiger partial charge is 0.492 e. The lowest BCUT2D eigenvalue weighted by Crippen LogP contribution is -2.22. The second-order valence-electron chi connectivity index (χ2n) is 5.69. The summed E-state index contributed by atoms with van der Waals surface area (Å²) >= 11 is 1.28. The predicted octanol–water partition coefficient (Wildman–Crippen LogP) is 2.89. The van der Waals surface area contributed by atoms with Gasteiger partial charge in [0.15, 0.2) is 4.80 Å². The first-order valence-corrected chi connectivity index (χ1v) is 9.30. The highest BCUT2D eigenvalue weighted by Crippen LogP contribution is 2.27. The number of nitrogens with zero attached hydrogens (tertiary/aromatic N) is 3. The van der Waals surface area contributed by atoms with Crippen molar-refractivity contribution in [1.82, 2.24) is 4.57 Å². The van der Waals surface area contributed by atoms with E-state index in [-0.39, 0.29) is 6.54 Å². The number of nitriles is 1. The quantitative estimate of drug-likeness (QED) is 0.619. The van der Waals surface area contributed by atoms with Crippen LogP contribution in [0.2, 0.25) is 0 Å². The molecule has 0 N–H and O–H groups in total. The van der Waals surface area contributed by atoms with Gasteiger partial charge in [-0.05, 0) is 43.3 Å². The Labute approximate surface area is 165 Å². The van der Waals surface area contributed by atoms with Crippen LogP contribution in [0, 0.1) is 11.3 Å². The van der Waals surface area contributed by atoms with Crippen LogP contribution in [0.25, 0.3) is 10.2 Å². The lowest BCUT2D eigenvalue weighted by Gasteiger charge is -2.08. The van der Waals surface area contributed by atoms with Gasteiger partial charge in [0.1, 0.15) is 17.8 Å². The maximum Gasteiger partial charge on any atom is 0.325 e. The number of aromatic nitrogens is 1. The number of methoxy groups -OCH3 is 1. The van der Waals surface area contributed by atoms with Crippen LogP contribution in [0.1, 0.15) is 22.8 Å². The summed E-state index contributed by atoms with van der Waals surface area (Å²) in [6.45, 7) is 2.24. The van der Waals surface area contributed by atoms with E-state index in [9.17, 15) is 9.59 Å². The highest BCUT2D eigenvalue weighted by atomic mass is 32.1. The summed E-state index contributed by atoms with van der Waals surface area (Å²) in [7, 11) is 1.31. The summed E-state index contributed by atoms with van der Waals surface area (Å²) in [5.74, 6) is -0.321. The molecule has 3 aromatic rings. The van der Waals surface area contributed by atoms with Crippen LogP contribution < -0.4 is 9.54 Å². The number of rotatable bonds is 5. The van der Waals surface area contributed by atoms with Crippen LogP contribution in [0.5, 0.6) is 5.75 Å². The molecule has 28 heavy (non-hydrogen) atoms. The van der Waals surface area contributed by atoms with E-state index in [4.69, 9.17) is 14.7 Å². The molecule has 0 bridgehead atoms. The van der Waals surface area contributed by atoms with Crippen molar-refractivity contribution in [3.63, 3.8) is 0 Å². The number of esters is 1. The molecule has 1 aromatic heterocycles. The molecule has 0 aliphatic carbocycles. The van der Waals surface area contributed by atoms with E-state index in [1.54, 1.807) is 34.9 Å². The van der Waals surface area contributed by atoms with E-state index in [2.05, 4.69) is 4.99 Å². The molecule has 0 saturated heterocycles. The normalized spacial score (nSPS) is 11.2. The number of fused-ring (bicyclic) bond motifs is 1. The van der Waals surface area contributed by atoms with E-state index in [1.165, 1.54) is 18.4 Å².